The normalized spacial score (nSPS) is 19.0. The van der Waals surface area contributed by atoms with Gasteiger partial charge in [0.05, 0.1) is 27.0 Å². The maximum Gasteiger partial charge on any atom is 0.319 e. The second kappa shape index (κ2) is 8.01. The third-order valence-electron chi connectivity index (χ3n) is 5.83. The van der Waals surface area contributed by atoms with Crippen molar-refractivity contribution < 1.29 is 27.8 Å². The fourth-order valence-corrected chi connectivity index (χ4v) is 4.00. The molecule has 2 aromatic carbocycles. The van der Waals surface area contributed by atoms with Gasteiger partial charge in [-0.15, -0.1) is 0 Å². The van der Waals surface area contributed by atoms with Crippen LogP contribution in [-0.4, -0.2) is 33.9 Å². The zero-order valence-corrected chi connectivity index (χ0v) is 17.7. The summed E-state index contributed by atoms with van der Waals surface area (Å²) in [5.74, 6) is -0.0116. The van der Waals surface area contributed by atoms with Crippen LogP contribution in [0.3, 0.4) is 0 Å². The van der Waals surface area contributed by atoms with E-state index in [0.29, 0.717) is 34.9 Å². The molecule has 1 aliphatic rings. The average Bonchev–Trinajstić information content (AvgIpc) is 3.26. The number of anilines is 1. The van der Waals surface area contributed by atoms with Crippen molar-refractivity contribution in [2.75, 3.05) is 33.2 Å². The fourth-order valence-electron chi connectivity index (χ4n) is 4.00. The summed E-state index contributed by atoms with van der Waals surface area (Å²) in [5, 5.41) is 5.54. The van der Waals surface area contributed by atoms with Crippen LogP contribution in [0.15, 0.2) is 30.3 Å². The van der Waals surface area contributed by atoms with Crippen molar-refractivity contribution in [2.24, 2.45) is 5.41 Å². The molecule has 0 radical (unpaired) electrons. The summed E-state index contributed by atoms with van der Waals surface area (Å²) >= 11 is 0. The van der Waals surface area contributed by atoms with Gasteiger partial charge in [0.1, 0.15) is 11.6 Å². The van der Waals surface area contributed by atoms with Crippen molar-refractivity contribution in [1.82, 2.24) is 5.32 Å². The molecule has 1 atom stereocenters. The SMILES string of the molecule is COc1cc(NC(=O)NCC2(c3ccc(F)cc3F)CC2(C)C)cc(OC)c1OC. The van der Waals surface area contributed by atoms with E-state index in [1.54, 1.807) is 12.1 Å². The zero-order valence-electron chi connectivity index (χ0n) is 17.7. The third kappa shape index (κ3) is 3.86. The Labute approximate surface area is 174 Å². The average molecular weight is 420 g/mol. The minimum absolute atomic E-state index is 0.207. The van der Waals surface area contributed by atoms with Crippen LogP contribution in [-0.2, 0) is 5.41 Å². The highest BCUT2D eigenvalue weighted by Crippen LogP contribution is 2.64. The Balaban J connectivity index is 1.75. The number of nitrogens with one attached hydrogen (secondary N) is 2. The Kier molecular flexibility index (Phi) is 5.78. The van der Waals surface area contributed by atoms with E-state index in [1.165, 1.54) is 33.5 Å². The number of carbonyl (C=O) groups excluding carboxylic acids is 1. The number of carbonyl (C=O) groups is 1. The fraction of sp³-hybridized carbons (Fsp3) is 0.409. The molecule has 0 aromatic heterocycles. The summed E-state index contributed by atoms with van der Waals surface area (Å²) in [7, 11) is 4.46. The minimum Gasteiger partial charge on any atom is -0.493 e. The number of urea groups is 1. The molecule has 1 unspecified atom stereocenters. The summed E-state index contributed by atoms with van der Waals surface area (Å²) in [6, 6.07) is 6.33. The van der Waals surface area contributed by atoms with E-state index >= 15 is 0 Å². The van der Waals surface area contributed by atoms with E-state index in [-0.39, 0.29) is 12.0 Å². The first-order valence-electron chi connectivity index (χ1n) is 9.48. The molecule has 2 amide bonds. The number of methoxy groups -OCH3 is 3. The molecule has 1 fully saturated rings. The van der Waals surface area contributed by atoms with Crippen molar-refractivity contribution in [3.63, 3.8) is 0 Å². The van der Waals surface area contributed by atoms with Gasteiger partial charge in [-0.2, -0.15) is 0 Å². The molecular weight excluding hydrogens is 394 g/mol. The Hall–Kier alpha value is -3.03. The lowest BCUT2D eigenvalue weighted by Crippen LogP contribution is -2.37. The second-order valence-corrected chi connectivity index (χ2v) is 7.99. The van der Waals surface area contributed by atoms with Gasteiger partial charge in [-0.1, -0.05) is 19.9 Å². The maximum absolute atomic E-state index is 14.4. The number of halogens is 2. The molecule has 0 spiro atoms. The maximum atomic E-state index is 14.4. The topological polar surface area (TPSA) is 68.8 Å². The van der Waals surface area contributed by atoms with Crippen molar-refractivity contribution in [3.8, 4) is 17.2 Å². The molecule has 2 N–H and O–H groups in total. The molecule has 162 valence electrons. The molecule has 0 heterocycles. The molecule has 3 rings (SSSR count). The summed E-state index contributed by atoms with van der Waals surface area (Å²) in [6.07, 6.45) is 0.674. The van der Waals surface area contributed by atoms with Gasteiger partial charge < -0.3 is 24.8 Å². The lowest BCUT2D eigenvalue weighted by atomic mass is 9.87. The largest absolute Gasteiger partial charge is 0.493 e. The van der Waals surface area contributed by atoms with Gasteiger partial charge in [-0.25, -0.2) is 13.6 Å². The van der Waals surface area contributed by atoms with Crippen molar-refractivity contribution in [3.05, 3.63) is 47.5 Å². The summed E-state index contributed by atoms with van der Waals surface area (Å²) in [4.78, 5) is 12.5. The molecule has 0 bridgehead atoms. The zero-order chi connectivity index (χ0) is 22.1. The van der Waals surface area contributed by atoms with Crippen molar-refractivity contribution in [1.29, 1.82) is 0 Å². The van der Waals surface area contributed by atoms with Crippen LogP contribution < -0.4 is 24.8 Å². The van der Waals surface area contributed by atoms with Crippen molar-refractivity contribution in [2.45, 2.75) is 25.7 Å². The van der Waals surface area contributed by atoms with E-state index in [4.69, 9.17) is 14.2 Å². The third-order valence-corrected chi connectivity index (χ3v) is 5.83. The predicted octanol–water partition coefficient (Wildman–Crippen LogP) is 4.48. The molecule has 6 nitrogen and oxygen atoms in total. The minimum atomic E-state index is -0.627. The second-order valence-electron chi connectivity index (χ2n) is 7.99. The first-order chi connectivity index (χ1) is 14.2. The van der Waals surface area contributed by atoms with E-state index in [0.717, 1.165) is 6.07 Å². The number of benzene rings is 2. The quantitative estimate of drug-likeness (QED) is 0.693. The highest BCUT2D eigenvalue weighted by Gasteiger charge is 2.62. The molecule has 2 aromatic rings. The van der Waals surface area contributed by atoms with E-state index in [1.807, 2.05) is 13.8 Å². The number of ether oxygens (including phenoxy) is 3. The molecular formula is C22H26F2N2O4. The molecule has 1 saturated carbocycles. The monoisotopic (exact) mass is 420 g/mol. The lowest BCUT2D eigenvalue weighted by molar-refractivity contribution is 0.250. The van der Waals surface area contributed by atoms with Crippen LogP contribution in [0.1, 0.15) is 25.8 Å². The van der Waals surface area contributed by atoms with Gasteiger partial charge in [0.2, 0.25) is 5.75 Å². The Morgan fingerprint density at radius 2 is 1.63 bits per heavy atom. The highest BCUT2D eigenvalue weighted by atomic mass is 19.1. The predicted molar refractivity (Wildman–Crippen MR) is 110 cm³/mol. The van der Waals surface area contributed by atoms with Crippen LogP contribution in [0.25, 0.3) is 0 Å². The molecule has 0 aliphatic heterocycles. The smallest absolute Gasteiger partial charge is 0.319 e. The first-order valence-corrected chi connectivity index (χ1v) is 9.48. The lowest BCUT2D eigenvalue weighted by Gasteiger charge is -2.23. The van der Waals surface area contributed by atoms with Crippen LogP contribution in [0, 0.1) is 17.0 Å². The summed E-state index contributed by atoms with van der Waals surface area (Å²) in [5.41, 5.74) is 0.0178. The molecule has 8 heteroatoms. The Bertz CT molecular complexity index is 939. The van der Waals surface area contributed by atoms with Gasteiger partial charge in [0, 0.05) is 30.2 Å². The van der Waals surface area contributed by atoms with E-state index < -0.39 is 23.1 Å². The first kappa shape index (κ1) is 21.7. The molecule has 30 heavy (non-hydrogen) atoms. The van der Waals surface area contributed by atoms with Crippen LogP contribution >= 0.6 is 0 Å². The van der Waals surface area contributed by atoms with Crippen LogP contribution in [0.4, 0.5) is 19.3 Å². The Morgan fingerprint density at radius 1 is 1.03 bits per heavy atom. The number of hydrogen-bond acceptors (Lipinski definition) is 4. The van der Waals surface area contributed by atoms with E-state index in [2.05, 4.69) is 10.6 Å². The number of hydrogen-bond donors (Lipinski definition) is 2. The molecule has 1 aliphatic carbocycles. The van der Waals surface area contributed by atoms with Crippen molar-refractivity contribution >= 4 is 11.7 Å². The van der Waals surface area contributed by atoms with Crippen LogP contribution in [0.5, 0.6) is 17.2 Å². The van der Waals surface area contributed by atoms with E-state index in [9.17, 15) is 13.6 Å². The van der Waals surface area contributed by atoms with Gasteiger partial charge in [-0.3, -0.25) is 0 Å². The summed E-state index contributed by atoms with van der Waals surface area (Å²) < 4.78 is 43.6. The van der Waals surface area contributed by atoms with Gasteiger partial charge in [0.15, 0.2) is 11.5 Å². The number of rotatable bonds is 7. The Morgan fingerprint density at radius 3 is 2.10 bits per heavy atom. The number of amides is 2. The van der Waals surface area contributed by atoms with Gasteiger partial charge in [-0.05, 0) is 23.5 Å². The summed E-state index contributed by atoms with van der Waals surface area (Å²) in [6.45, 7) is 4.20. The van der Waals surface area contributed by atoms with Gasteiger partial charge >= 0.3 is 6.03 Å². The van der Waals surface area contributed by atoms with Gasteiger partial charge in [0.25, 0.3) is 0 Å². The van der Waals surface area contributed by atoms with Crippen LogP contribution in [0.2, 0.25) is 0 Å². The molecule has 0 saturated heterocycles. The highest BCUT2D eigenvalue weighted by molar-refractivity contribution is 5.90. The standard InChI is InChI=1S/C22H26F2N2O4/c1-21(2)11-22(21,15-7-6-13(23)8-16(15)24)12-25-20(27)26-14-9-17(28-3)19(30-5)18(10-14)29-4/h6-10H,11-12H2,1-5H3,(H2,25,26,27).